The Morgan fingerprint density at radius 3 is 2.77 bits per heavy atom. The van der Waals surface area contributed by atoms with Gasteiger partial charge in [-0.2, -0.15) is 5.26 Å². The molecular formula is C30H36F2N6O6. The van der Waals surface area contributed by atoms with Crippen molar-refractivity contribution >= 4 is 29.6 Å². The van der Waals surface area contributed by atoms with Crippen molar-refractivity contribution in [3.05, 3.63) is 18.3 Å². The Morgan fingerprint density at radius 1 is 1.30 bits per heavy atom. The highest BCUT2D eigenvalue weighted by molar-refractivity contribution is 6.01. The summed E-state index contributed by atoms with van der Waals surface area (Å²) in [6.07, 6.45) is 0.281. The summed E-state index contributed by atoms with van der Waals surface area (Å²) in [4.78, 5) is 61.4. The number of nitrogens with one attached hydrogen (secondary N) is 2. The minimum Gasteiger partial charge on any atom is -0.472 e. The van der Waals surface area contributed by atoms with Crippen molar-refractivity contribution in [1.82, 2.24) is 20.1 Å². The molecule has 2 saturated heterocycles. The molecule has 14 heteroatoms. The first-order valence-electron chi connectivity index (χ1n) is 15.0. The lowest BCUT2D eigenvalue weighted by atomic mass is 9.77. The van der Waals surface area contributed by atoms with Crippen molar-refractivity contribution in [3.63, 3.8) is 0 Å². The van der Waals surface area contributed by atoms with Crippen LogP contribution in [-0.2, 0) is 19.1 Å². The average Bonchev–Trinajstić information content (AvgIpc) is 3.73. The molecule has 2 saturated carbocycles. The molecule has 1 aromatic rings. The summed E-state index contributed by atoms with van der Waals surface area (Å²) in [6.45, 7) is 3.79. The Bertz CT molecular complexity index is 1410. The minimum absolute atomic E-state index is 0.00296. The predicted molar refractivity (Wildman–Crippen MR) is 149 cm³/mol. The van der Waals surface area contributed by atoms with E-state index in [0.29, 0.717) is 18.6 Å². The number of rotatable bonds is 5. The van der Waals surface area contributed by atoms with Crippen LogP contribution in [0.1, 0.15) is 40.0 Å². The Kier molecular flexibility index (Phi) is 7.41. The van der Waals surface area contributed by atoms with Gasteiger partial charge in [0.25, 0.3) is 5.91 Å². The normalized spacial score (nSPS) is 34.1. The molecule has 44 heavy (non-hydrogen) atoms. The molecule has 0 radical (unpaired) electrons. The third kappa shape index (κ3) is 4.80. The summed E-state index contributed by atoms with van der Waals surface area (Å²) in [5.74, 6) is -2.16. The Labute approximate surface area is 253 Å². The number of anilines is 1. The van der Waals surface area contributed by atoms with Crippen LogP contribution in [0, 0.1) is 40.4 Å². The van der Waals surface area contributed by atoms with E-state index >= 15 is 4.39 Å². The highest BCUT2D eigenvalue weighted by Crippen LogP contribution is 2.59. The van der Waals surface area contributed by atoms with E-state index in [1.807, 2.05) is 0 Å². The number of nitriles is 1. The van der Waals surface area contributed by atoms with Crippen molar-refractivity contribution in [1.29, 1.82) is 5.26 Å². The molecule has 4 heterocycles. The summed E-state index contributed by atoms with van der Waals surface area (Å²) in [7, 11) is 0. The summed E-state index contributed by atoms with van der Waals surface area (Å²) in [5, 5.41) is 15.4. The molecule has 5 aliphatic rings. The molecular weight excluding hydrogens is 578 g/mol. The third-order valence-electron chi connectivity index (χ3n) is 9.97. The van der Waals surface area contributed by atoms with E-state index in [1.165, 1.54) is 16.0 Å². The molecule has 12 nitrogen and oxygen atoms in total. The zero-order valence-corrected chi connectivity index (χ0v) is 24.8. The van der Waals surface area contributed by atoms with Gasteiger partial charge in [0.2, 0.25) is 17.4 Å². The van der Waals surface area contributed by atoms with Crippen molar-refractivity contribution in [2.75, 3.05) is 31.7 Å². The number of likely N-dealkylation sites (tertiary alicyclic amines) is 2. The van der Waals surface area contributed by atoms with E-state index in [1.54, 1.807) is 32.9 Å². The fourth-order valence-electron chi connectivity index (χ4n) is 8.03. The molecule has 4 fully saturated rings. The molecule has 1 spiro atoms. The van der Waals surface area contributed by atoms with Crippen LogP contribution in [0.3, 0.4) is 0 Å². The first kappa shape index (κ1) is 30.0. The number of carbonyl (C=O) groups excluding carboxylic acids is 4. The lowest BCUT2D eigenvalue weighted by Gasteiger charge is -2.38. The van der Waals surface area contributed by atoms with Crippen LogP contribution in [0.15, 0.2) is 18.3 Å². The lowest BCUT2D eigenvalue weighted by molar-refractivity contribution is -0.149. The molecule has 4 amide bonds. The number of aromatic nitrogens is 1. The molecule has 2 N–H and O–H groups in total. The number of pyridine rings is 1. The number of nitrogens with zero attached hydrogens (tertiary/aromatic N) is 4. The lowest BCUT2D eigenvalue weighted by Crippen LogP contribution is -2.60. The maximum Gasteiger partial charge on any atom is 0.407 e. The number of alkyl carbamates (subject to hydrolysis) is 1. The second kappa shape index (κ2) is 10.9. The van der Waals surface area contributed by atoms with Gasteiger partial charge in [-0.25, -0.2) is 18.6 Å². The number of halogens is 2. The quantitative estimate of drug-likeness (QED) is 0.512. The number of hydrogen-bond acceptors (Lipinski definition) is 8. The van der Waals surface area contributed by atoms with Crippen LogP contribution in [0.2, 0.25) is 0 Å². The Morgan fingerprint density at radius 2 is 2.07 bits per heavy atom. The van der Waals surface area contributed by atoms with Crippen molar-refractivity contribution in [2.45, 2.75) is 69.9 Å². The van der Waals surface area contributed by atoms with Gasteiger partial charge in [-0.15, -0.1) is 0 Å². The molecule has 2 bridgehead atoms. The Balaban J connectivity index is 1.32. The van der Waals surface area contributed by atoms with Crippen LogP contribution >= 0.6 is 0 Å². The summed E-state index contributed by atoms with van der Waals surface area (Å²) in [5.41, 5.74) is -2.38. The molecule has 0 aromatic carbocycles. The molecule has 6 rings (SSSR count). The minimum atomic E-state index is -1.55. The molecule has 2 aliphatic carbocycles. The van der Waals surface area contributed by atoms with Gasteiger partial charge in [0.1, 0.15) is 37.6 Å². The van der Waals surface area contributed by atoms with Gasteiger partial charge >= 0.3 is 6.09 Å². The monoisotopic (exact) mass is 614 g/mol. The van der Waals surface area contributed by atoms with Crippen molar-refractivity contribution in [2.24, 2.45) is 29.1 Å². The van der Waals surface area contributed by atoms with Gasteiger partial charge in [0.05, 0.1) is 12.6 Å². The first-order chi connectivity index (χ1) is 20.9. The largest absolute Gasteiger partial charge is 0.472 e. The van der Waals surface area contributed by atoms with Crippen molar-refractivity contribution < 1.29 is 37.4 Å². The second-order valence-electron chi connectivity index (χ2n) is 13.6. The topological polar surface area (TPSA) is 154 Å². The summed E-state index contributed by atoms with van der Waals surface area (Å²) < 4.78 is 38.8. The zero-order chi connectivity index (χ0) is 31.6. The van der Waals surface area contributed by atoms with Gasteiger partial charge in [-0.1, -0.05) is 20.8 Å². The smallest absolute Gasteiger partial charge is 0.407 e. The summed E-state index contributed by atoms with van der Waals surface area (Å²) in [6, 6.07) is 2.09. The van der Waals surface area contributed by atoms with E-state index in [-0.39, 0.29) is 37.2 Å². The van der Waals surface area contributed by atoms with Gasteiger partial charge in [-0.3, -0.25) is 14.4 Å². The SMILES string of the molecule is CC(C)(C)[C@H](NC(=O)OCCF)C(=O)N1C[C@@H]2[C@H]3C[C@@H]([C@@H]2[C@H]1C(=O)N1C[C@@]2(C[C@H]1C#N)Oc1cccnc1NC2=O)[C@H](F)C3. The second-order valence-corrected chi connectivity index (χ2v) is 13.6. The number of alkyl halides is 2. The molecule has 3 aliphatic heterocycles. The molecule has 0 unspecified atom stereocenters. The maximum absolute atomic E-state index is 15.2. The third-order valence-corrected chi connectivity index (χ3v) is 9.97. The Hall–Kier alpha value is -4.02. The fraction of sp³-hybridized carbons (Fsp3) is 0.667. The first-order valence-corrected chi connectivity index (χ1v) is 15.0. The van der Waals surface area contributed by atoms with E-state index in [9.17, 15) is 28.8 Å². The number of carbonyl (C=O) groups is 4. The number of ether oxygens (including phenoxy) is 2. The standard InChI is InChI=1S/C30H36F2N6O6/c1-29(2,3)23(35-28(42)43-8-6-31)26(40)37-13-18-15-9-17(19(32)10-15)21(18)22(37)25(39)38-14-30(11-16(38)12-33)27(41)36-24-20(44-30)5-4-7-34-24/h4-5,7,15-19,21-23H,6,8-11,13-14H2,1-3H3,(H,35,42)(H,34,36,41)/t15-,16-,17+,18+,19+,21-,22-,23+,30+/m0/s1. The van der Waals surface area contributed by atoms with Crippen LogP contribution in [0.4, 0.5) is 19.4 Å². The van der Waals surface area contributed by atoms with Gasteiger partial charge in [0.15, 0.2) is 11.6 Å². The van der Waals surface area contributed by atoms with Crippen LogP contribution in [-0.4, -0.2) is 94.9 Å². The highest BCUT2D eigenvalue weighted by Gasteiger charge is 2.65. The van der Waals surface area contributed by atoms with E-state index < -0.39 is 84.2 Å². The number of hydrogen-bond donors (Lipinski definition) is 2. The highest BCUT2D eigenvalue weighted by atomic mass is 19.1. The maximum atomic E-state index is 15.2. The molecule has 1 aromatic heterocycles. The number of amides is 4. The number of fused-ring (bicyclic) bond motifs is 6. The van der Waals surface area contributed by atoms with Crippen LogP contribution in [0.5, 0.6) is 5.75 Å². The molecule has 236 valence electrons. The predicted octanol–water partition coefficient (Wildman–Crippen LogP) is 2.21. The van der Waals surface area contributed by atoms with Crippen LogP contribution in [0.25, 0.3) is 0 Å². The van der Waals surface area contributed by atoms with Gasteiger partial charge < -0.3 is 29.9 Å². The molecule has 9 atom stereocenters. The van der Waals surface area contributed by atoms with Crippen LogP contribution < -0.4 is 15.4 Å². The summed E-state index contributed by atoms with van der Waals surface area (Å²) >= 11 is 0. The van der Waals surface area contributed by atoms with E-state index in [0.717, 1.165) is 0 Å². The van der Waals surface area contributed by atoms with Gasteiger partial charge in [0, 0.05) is 19.2 Å². The van der Waals surface area contributed by atoms with E-state index in [4.69, 9.17) is 9.47 Å². The fourth-order valence-corrected chi connectivity index (χ4v) is 8.03. The van der Waals surface area contributed by atoms with Crippen molar-refractivity contribution in [3.8, 4) is 11.8 Å². The van der Waals surface area contributed by atoms with E-state index in [2.05, 4.69) is 21.7 Å². The zero-order valence-electron chi connectivity index (χ0n) is 24.8. The van der Waals surface area contributed by atoms with Gasteiger partial charge in [-0.05, 0) is 54.1 Å². The average molecular weight is 615 g/mol.